The van der Waals surface area contributed by atoms with E-state index in [2.05, 4.69) is 0 Å². The van der Waals surface area contributed by atoms with Crippen LogP contribution in [-0.4, -0.2) is 16.9 Å². The van der Waals surface area contributed by atoms with Gasteiger partial charge in [0.1, 0.15) is 0 Å². The summed E-state index contributed by atoms with van der Waals surface area (Å²) in [6.45, 7) is 0. The Balaban J connectivity index is 2.17. The molecule has 2 rings (SSSR count). The number of carboxylic acid groups (broad SMARTS) is 1. The SMILES string of the molecule is O=C(O)Cc1cccc(C(=O)C2CC2)c1. The van der Waals surface area contributed by atoms with Crippen molar-refractivity contribution in [2.45, 2.75) is 19.3 Å². The molecule has 0 aromatic heterocycles. The van der Waals surface area contributed by atoms with Gasteiger partial charge in [-0.3, -0.25) is 9.59 Å². The number of carbonyl (C=O) groups is 2. The zero-order chi connectivity index (χ0) is 10.8. The maximum atomic E-state index is 11.7. The van der Waals surface area contributed by atoms with Crippen LogP contribution in [0.5, 0.6) is 0 Å². The zero-order valence-corrected chi connectivity index (χ0v) is 8.27. The highest BCUT2D eigenvalue weighted by molar-refractivity contribution is 5.99. The smallest absolute Gasteiger partial charge is 0.307 e. The first-order valence-corrected chi connectivity index (χ1v) is 5.02. The quantitative estimate of drug-likeness (QED) is 0.762. The Morgan fingerprint density at radius 2 is 2.07 bits per heavy atom. The highest BCUT2D eigenvalue weighted by atomic mass is 16.4. The summed E-state index contributed by atoms with van der Waals surface area (Å²) < 4.78 is 0. The van der Waals surface area contributed by atoms with Gasteiger partial charge in [-0.05, 0) is 24.5 Å². The first-order valence-electron chi connectivity index (χ1n) is 5.02. The van der Waals surface area contributed by atoms with E-state index in [1.54, 1.807) is 24.3 Å². The summed E-state index contributed by atoms with van der Waals surface area (Å²) in [5.74, 6) is -0.529. The highest BCUT2D eigenvalue weighted by Gasteiger charge is 2.30. The number of rotatable bonds is 4. The van der Waals surface area contributed by atoms with Gasteiger partial charge in [-0.15, -0.1) is 0 Å². The molecule has 0 saturated heterocycles. The minimum atomic E-state index is -0.869. The Bertz CT molecular complexity index is 405. The summed E-state index contributed by atoms with van der Waals surface area (Å²) in [4.78, 5) is 22.2. The average molecular weight is 204 g/mol. The molecule has 3 nitrogen and oxygen atoms in total. The van der Waals surface area contributed by atoms with Crippen LogP contribution in [0.1, 0.15) is 28.8 Å². The van der Waals surface area contributed by atoms with Crippen LogP contribution in [0.15, 0.2) is 24.3 Å². The average Bonchev–Trinajstić information content (AvgIpc) is 2.99. The van der Waals surface area contributed by atoms with Crippen LogP contribution in [0, 0.1) is 5.92 Å². The van der Waals surface area contributed by atoms with Crippen molar-refractivity contribution in [3.05, 3.63) is 35.4 Å². The van der Waals surface area contributed by atoms with E-state index in [4.69, 9.17) is 5.11 Å². The van der Waals surface area contributed by atoms with Crippen molar-refractivity contribution in [3.63, 3.8) is 0 Å². The lowest BCUT2D eigenvalue weighted by atomic mass is 10.0. The third-order valence-corrected chi connectivity index (χ3v) is 2.51. The number of Topliss-reactive ketones (excluding diaryl/α,β-unsaturated/α-hetero) is 1. The lowest BCUT2D eigenvalue weighted by Gasteiger charge is -2.01. The minimum Gasteiger partial charge on any atom is -0.481 e. The van der Waals surface area contributed by atoms with Crippen molar-refractivity contribution >= 4 is 11.8 Å². The molecule has 0 unspecified atom stereocenters. The molecule has 0 heterocycles. The van der Waals surface area contributed by atoms with Gasteiger partial charge < -0.3 is 5.11 Å². The topological polar surface area (TPSA) is 54.4 Å². The minimum absolute atomic E-state index is 0.0220. The molecule has 1 saturated carbocycles. The lowest BCUT2D eigenvalue weighted by molar-refractivity contribution is -0.136. The lowest BCUT2D eigenvalue weighted by Crippen LogP contribution is -2.04. The fraction of sp³-hybridized carbons (Fsp3) is 0.333. The van der Waals surface area contributed by atoms with E-state index < -0.39 is 5.97 Å². The molecule has 3 heteroatoms. The zero-order valence-electron chi connectivity index (χ0n) is 8.27. The van der Waals surface area contributed by atoms with E-state index >= 15 is 0 Å². The molecule has 0 spiro atoms. The molecule has 0 atom stereocenters. The second-order valence-electron chi connectivity index (χ2n) is 3.91. The van der Waals surface area contributed by atoms with Crippen LogP contribution in [0.4, 0.5) is 0 Å². The Hall–Kier alpha value is -1.64. The number of aliphatic carboxylic acids is 1. The van der Waals surface area contributed by atoms with Gasteiger partial charge in [-0.2, -0.15) is 0 Å². The summed E-state index contributed by atoms with van der Waals surface area (Å²) in [5.41, 5.74) is 1.34. The third-order valence-electron chi connectivity index (χ3n) is 2.51. The van der Waals surface area contributed by atoms with Crippen LogP contribution in [-0.2, 0) is 11.2 Å². The van der Waals surface area contributed by atoms with Crippen molar-refractivity contribution in [2.24, 2.45) is 5.92 Å². The van der Waals surface area contributed by atoms with Gasteiger partial charge in [-0.1, -0.05) is 18.2 Å². The largest absolute Gasteiger partial charge is 0.481 e. The van der Waals surface area contributed by atoms with E-state index in [1.165, 1.54) is 0 Å². The number of benzene rings is 1. The summed E-state index contributed by atoms with van der Waals surface area (Å²) in [7, 11) is 0. The van der Waals surface area contributed by atoms with Crippen LogP contribution in [0.2, 0.25) is 0 Å². The molecule has 1 aliphatic rings. The fourth-order valence-electron chi connectivity index (χ4n) is 1.59. The Kier molecular flexibility index (Phi) is 2.54. The van der Waals surface area contributed by atoms with Crippen LogP contribution in [0.3, 0.4) is 0 Å². The molecule has 15 heavy (non-hydrogen) atoms. The summed E-state index contributed by atoms with van der Waals surface area (Å²) in [6.07, 6.45) is 1.93. The van der Waals surface area contributed by atoms with E-state index in [0.29, 0.717) is 11.1 Å². The summed E-state index contributed by atoms with van der Waals surface area (Å²) >= 11 is 0. The van der Waals surface area contributed by atoms with Crippen molar-refractivity contribution in [2.75, 3.05) is 0 Å². The Morgan fingerprint density at radius 3 is 2.67 bits per heavy atom. The Morgan fingerprint density at radius 1 is 1.33 bits per heavy atom. The fourth-order valence-corrected chi connectivity index (χ4v) is 1.59. The van der Waals surface area contributed by atoms with Gasteiger partial charge in [0.2, 0.25) is 0 Å². The summed E-state index contributed by atoms with van der Waals surface area (Å²) in [5, 5.41) is 8.63. The van der Waals surface area contributed by atoms with Crippen molar-refractivity contribution in [3.8, 4) is 0 Å². The Labute approximate surface area is 87.7 Å². The standard InChI is InChI=1S/C12H12O3/c13-11(14)7-8-2-1-3-10(6-8)12(15)9-4-5-9/h1-3,6,9H,4-5,7H2,(H,13,14). The first kappa shape index (κ1) is 9.90. The molecule has 1 aromatic rings. The molecule has 1 aliphatic carbocycles. The van der Waals surface area contributed by atoms with Gasteiger partial charge in [-0.25, -0.2) is 0 Å². The van der Waals surface area contributed by atoms with Crippen molar-refractivity contribution in [1.82, 2.24) is 0 Å². The third kappa shape index (κ3) is 2.43. The van der Waals surface area contributed by atoms with Crippen LogP contribution >= 0.6 is 0 Å². The maximum absolute atomic E-state index is 11.7. The molecule has 1 N–H and O–H groups in total. The van der Waals surface area contributed by atoms with Gasteiger partial charge in [0.05, 0.1) is 6.42 Å². The van der Waals surface area contributed by atoms with Crippen molar-refractivity contribution in [1.29, 1.82) is 0 Å². The molecule has 0 radical (unpaired) electrons. The summed E-state index contributed by atoms with van der Waals surface area (Å²) in [6, 6.07) is 6.92. The molecule has 0 amide bonds. The normalized spacial score (nSPS) is 14.9. The molecule has 1 fully saturated rings. The van der Waals surface area contributed by atoms with Crippen LogP contribution < -0.4 is 0 Å². The molecule has 0 bridgehead atoms. The second kappa shape index (κ2) is 3.85. The van der Waals surface area contributed by atoms with Gasteiger partial charge in [0, 0.05) is 11.5 Å². The number of ketones is 1. The van der Waals surface area contributed by atoms with E-state index in [1.807, 2.05) is 0 Å². The van der Waals surface area contributed by atoms with E-state index in [0.717, 1.165) is 12.8 Å². The second-order valence-corrected chi connectivity index (χ2v) is 3.91. The van der Waals surface area contributed by atoms with E-state index in [9.17, 15) is 9.59 Å². The number of carbonyl (C=O) groups excluding carboxylic acids is 1. The van der Waals surface area contributed by atoms with E-state index in [-0.39, 0.29) is 18.1 Å². The number of hydrogen-bond acceptors (Lipinski definition) is 2. The van der Waals surface area contributed by atoms with Crippen molar-refractivity contribution < 1.29 is 14.7 Å². The van der Waals surface area contributed by atoms with Gasteiger partial charge >= 0.3 is 5.97 Å². The maximum Gasteiger partial charge on any atom is 0.307 e. The molecule has 78 valence electrons. The predicted molar refractivity (Wildman–Crippen MR) is 54.8 cm³/mol. The molecular formula is C12H12O3. The van der Waals surface area contributed by atoms with Gasteiger partial charge in [0.15, 0.2) is 5.78 Å². The van der Waals surface area contributed by atoms with Gasteiger partial charge in [0.25, 0.3) is 0 Å². The predicted octanol–water partition coefficient (Wildman–Crippen LogP) is 1.91. The molecule has 0 aliphatic heterocycles. The number of hydrogen-bond donors (Lipinski definition) is 1. The molecular weight excluding hydrogens is 192 g/mol. The number of carboxylic acids is 1. The van der Waals surface area contributed by atoms with Crippen LogP contribution in [0.25, 0.3) is 0 Å². The monoisotopic (exact) mass is 204 g/mol. The highest BCUT2D eigenvalue weighted by Crippen LogP contribution is 2.32. The first-order chi connectivity index (χ1) is 7.16. The molecule has 1 aromatic carbocycles.